The third-order valence-electron chi connectivity index (χ3n) is 2.12. The molecule has 0 unspecified atom stereocenters. The monoisotopic (exact) mass is 239 g/mol. The van der Waals surface area contributed by atoms with Crippen LogP contribution in [0.4, 0.5) is 0 Å². The Labute approximate surface area is 100 Å². The number of rotatable bonds is 8. The van der Waals surface area contributed by atoms with Crippen LogP contribution < -0.4 is 0 Å². The molecule has 1 heterocycles. The van der Waals surface area contributed by atoms with Gasteiger partial charge in [0.05, 0.1) is 12.3 Å². The molecule has 94 valence electrons. The lowest BCUT2D eigenvalue weighted by molar-refractivity contribution is -0.145. The van der Waals surface area contributed by atoms with Crippen molar-refractivity contribution in [2.75, 3.05) is 19.8 Å². The Morgan fingerprint density at radius 1 is 1.41 bits per heavy atom. The Kier molecular flexibility index (Phi) is 6.03. The third-order valence-corrected chi connectivity index (χ3v) is 2.12. The minimum absolute atomic E-state index is 0.0504. The maximum Gasteiger partial charge on any atom is 0.326 e. The quantitative estimate of drug-likeness (QED) is 0.389. The minimum atomic E-state index is -0.371. The molecule has 0 amide bonds. The highest BCUT2D eigenvalue weighted by Gasteiger charge is 2.06. The maximum absolute atomic E-state index is 11.4. The van der Waals surface area contributed by atoms with Crippen LogP contribution in [0.5, 0.6) is 0 Å². The highest BCUT2D eigenvalue weighted by molar-refractivity contribution is 5.75. The summed E-state index contributed by atoms with van der Waals surface area (Å²) in [6.45, 7) is 3.39. The maximum atomic E-state index is 11.4. The van der Waals surface area contributed by atoms with E-state index in [1.165, 1.54) is 0 Å². The van der Waals surface area contributed by atoms with E-state index < -0.39 is 0 Å². The first kappa shape index (κ1) is 13.4. The molecule has 0 N–H and O–H groups in total. The van der Waals surface area contributed by atoms with Crippen molar-refractivity contribution >= 4 is 12.3 Å². The van der Waals surface area contributed by atoms with E-state index in [1.807, 2.05) is 6.92 Å². The zero-order valence-corrected chi connectivity index (χ0v) is 9.93. The molecular formula is C12H17NO4. The highest BCUT2D eigenvalue weighted by Crippen LogP contribution is 1.99. The van der Waals surface area contributed by atoms with Crippen molar-refractivity contribution < 1.29 is 19.1 Å². The van der Waals surface area contributed by atoms with E-state index in [0.29, 0.717) is 25.2 Å². The van der Waals surface area contributed by atoms with Gasteiger partial charge in [-0.2, -0.15) is 0 Å². The molecule has 1 aromatic heterocycles. The van der Waals surface area contributed by atoms with Crippen molar-refractivity contribution in [1.82, 2.24) is 4.57 Å². The van der Waals surface area contributed by atoms with Gasteiger partial charge in [-0.05, 0) is 18.6 Å². The lowest BCUT2D eigenvalue weighted by Gasteiger charge is -2.07. The summed E-state index contributed by atoms with van der Waals surface area (Å²) < 4.78 is 11.7. The van der Waals surface area contributed by atoms with Crippen molar-refractivity contribution in [2.45, 2.75) is 19.9 Å². The summed E-state index contributed by atoms with van der Waals surface area (Å²) in [5.74, 6) is -0.371. The van der Waals surface area contributed by atoms with Crippen LogP contribution in [-0.2, 0) is 20.8 Å². The summed E-state index contributed by atoms with van der Waals surface area (Å²) in [4.78, 5) is 22.0. The van der Waals surface area contributed by atoms with E-state index in [9.17, 15) is 9.59 Å². The number of ether oxygens (including phenoxy) is 2. The Balaban J connectivity index is 2.23. The standard InChI is InChI=1S/C12H17NO4/c1-2-6-16-7-8-17-12(15)9-13-5-3-4-11(13)10-14/h3-5,10H,2,6-9H2,1H3. The Morgan fingerprint density at radius 3 is 2.94 bits per heavy atom. The van der Waals surface area contributed by atoms with Gasteiger partial charge in [-0.3, -0.25) is 9.59 Å². The van der Waals surface area contributed by atoms with Gasteiger partial charge in [-0.15, -0.1) is 0 Å². The van der Waals surface area contributed by atoms with Crippen LogP contribution in [0.25, 0.3) is 0 Å². The number of aromatic nitrogens is 1. The van der Waals surface area contributed by atoms with Crippen molar-refractivity contribution in [3.8, 4) is 0 Å². The SMILES string of the molecule is CCCOCCOC(=O)Cn1cccc1C=O. The first-order chi connectivity index (χ1) is 8.27. The molecular weight excluding hydrogens is 222 g/mol. The Hall–Kier alpha value is -1.62. The van der Waals surface area contributed by atoms with Gasteiger partial charge in [0.1, 0.15) is 13.2 Å². The van der Waals surface area contributed by atoms with Gasteiger partial charge in [0, 0.05) is 12.8 Å². The fourth-order valence-corrected chi connectivity index (χ4v) is 1.32. The van der Waals surface area contributed by atoms with Crippen LogP contribution in [0.2, 0.25) is 0 Å². The van der Waals surface area contributed by atoms with Gasteiger partial charge in [0.15, 0.2) is 6.29 Å². The molecule has 0 bridgehead atoms. The number of hydrogen-bond donors (Lipinski definition) is 0. The Morgan fingerprint density at radius 2 is 2.24 bits per heavy atom. The molecule has 0 saturated carbocycles. The molecule has 0 saturated heterocycles. The second kappa shape index (κ2) is 7.62. The van der Waals surface area contributed by atoms with Crippen LogP contribution >= 0.6 is 0 Å². The molecule has 0 aromatic carbocycles. The van der Waals surface area contributed by atoms with Crippen LogP contribution in [0.1, 0.15) is 23.8 Å². The smallest absolute Gasteiger partial charge is 0.326 e. The number of nitrogens with zero attached hydrogens (tertiary/aromatic N) is 1. The van der Waals surface area contributed by atoms with Gasteiger partial charge in [0.25, 0.3) is 0 Å². The molecule has 17 heavy (non-hydrogen) atoms. The van der Waals surface area contributed by atoms with E-state index in [2.05, 4.69) is 0 Å². The van der Waals surface area contributed by atoms with E-state index >= 15 is 0 Å². The molecule has 5 nitrogen and oxygen atoms in total. The Bertz CT molecular complexity index is 359. The van der Waals surface area contributed by atoms with Crippen LogP contribution in [0.15, 0.2) is 18.3 Å². The molecule has 0 aliphatic heterocycles. The van der Waals surface area contributed by atoms with Crippen LogP contribution in [0, 0.1) is 0 Å². The summed E-state index contributed by atoms with van der Waals surface area (Å²) in [6, 6.07) is 3.35. The zero-order valence-electron chi connectivity index (χ0n) is 9.93. The summed E-state index contributed by atoms with van der Waals surface area (Å²) in [6.07, 6.45) is 3.32. The average molecular weight is 239 g/mol. The fourth-order valence-electron chi connectivity index (χ4n) is 1.32. The largest absolute Gasteiger partial charge is 0.462 e. The second-order valence-electron chi connectivity index (χ2n) is 3.51. The summed E-state index contributed by atoms with van der Waals surface area (Å²) in [5.41, 5.74) is 0.462. The lowest BCUT2D eigenvalue weighted by Crippen LogP contribution is -2.17. The first-order valence-electron chi connectivity index (χ1n) is 5.61. The van der Waals surface area contributed by atoms with Gasteiger partial charge in [0.2, 0.25) is 0 Å². The number of esters is 1. The van der Waals surface area contributed by atoms with Crippen molar-refractivity contribution in [2.24, 2.45) is 0 Å². The van der Waals surface area contributed by atoms with Crippen molar-refractivity contribution in [3.63, 3.8) is 0 Å². The van der Waals surface area contributed by atoms with Gasteiger partial charge in [-0.1, -0.05) is 6.92 Å². The topological polar surface area (TPSA) is 57.5 Å². The van der Waals surface area contributed by atoms with Gasteiger partial charge in [-0.25, -0.2) is 0 Å². The predicted molar refractivity (Wildman–Crippen MR) is 61.9 cm³/mol. The molecule has 0 fully saturated rings. The van der Waals surface area contributed by atoms with Crippen molar-refractivity contribution in [3.05, 3.63) is 24.0 Å². The van der Waals surface area contributed by atoms with Crippen molar-refractivity contribution in [1.29, 1.82) is 0 Å². The molecule has 0 radical (unpaired) electrons. The molecule has 1 aromatic rings. The number of carbonyl (C=O) groups is 2. The molecule has 0 aliphatic rings. The van der Waals surface area contributed by atoms with E-state index in [1.54, 1.807) is 22.9 Å². The van der Waals surface area contributed by atoms with E-state index in [0.717, 1.165) is 6.42 Å². The van der Waals surface area contributed by atoms with Crippen LogP contribution in [-0.4, -0.2) is 36.6 Å². The number of aldehydes is 1. The first-order valence-corrected chi connectivity index (χ1v) is 5.61. The second-order valence-corrected chi connectivity index (χ2v) is 3.51. The number of carbonyl (C=O) groups excluding carboxylic acids is 2. The summed E-state index contributed by atoms with van der Waals surface area (Å²) >= 11 is 0. The average Bonchev–Trinajstić information content (AvgIpc) is 2.76. The lowest BCUT2D eigenvalue weighted by atomic mass is 10.4. The van der Waals surface area contributed by atoms with Gasteiger partial charge >= 0.3 is 5.97 Å². The fraction of sp³-hybridized carbons (Fsp3) is 0.500. The van der Waals surface area contributed by atoms with E-state index in [-0.39, 0.29) is 19.1 Å². The molecule has 0 aliphatic carbocycles. The molecule has 0 spiro atoms. The van der Waals surface area contributed by atoms with E-state index in [4.69, 9.17) is 9.47 Å². The summed E-state index contributed by atoms with van der Waals surface area (Å²) in [5, 5.41) is 0. The summed E-state index contributed by atoms with van der Waals surface area (Å²) in [7, 11) is 0. The zero-order chi connectivity index (χ0) is 12.5. The number of hydrogen-bond acceptors (Lipinski definition) is 4. The molecule has 5 heteroatoms. The minimum Gasteiger partial charge on any atom is -0.462 e. The normalized spacial score (nSPS) is 10.2. The highest BCUT2D eigenvalue weighted by atomic mass is 16.6. The molecule has 0 atom stereocenters. The third kappa shape index (κ3) is 4.82. The van der Waals surface area contributed by atoms with Crippen LogP contribution in [0.3, 0.4) is 0 Å². The molecule has 1 rings (SSSR count). The predicted octanol–water partition coefficient (Wildman–Crippen LogP) is 1.27. The van der Waals surface area contributed by atoms with Gasteiger partial charge < -0.3 is 14.0 Å².